The number of hydrogen-bond donors (Lipinski definition) is 2. The molecule has 2 atom stereocenters. The summed E-state index contributed by atoms with van der Waals surface area (Å²) in [6.07, 6.45) is 0.230. The Morgan fingerprint density at radius 3 is 2.43 bits per heavy atom. The molecule has 0 fully saturated rings. The van der Waals surface area contributed by atoms with Crippen molar-refractivity contribution in [2.24, 2.45) is 5.73 Å². The van der Waals surface area contributed by atoms with E-state index in [1.54, 1.807) is 12.1 Å². The fraction of sp³-hybridized carbons (Fsp3) is 0.562. The predicted molar refractivity (Wildman–Crippen MR) is 81.6 cm³/mol. The number of benzene rings is 1. The number of ether oxygens (including phenoxy) is 1. The third-order valence-corrected chi connectivity index (χ3v) is 3.00. The molecule has 2 unspecified atom stereocenters. The molecule has 0 saturated heterocycles. The summed E-state index contributed by atoms with van der Waals surface area (Å²) in [4.78, 5) is 11.5. The minimum atomic E-state index is -0.518. The first-order chi connectivity index (χ1) is 9.67. The van der Waals surface area contributed by atoms with Crippen LogP contribution in [0.5, 0.6) is 0 Å². The van der Waals surface area contributed by atoms with Crippen LogP contribution in [-0.2, 0) is 4.74 Å². The molecular weight excluding hydrogens is 271 g/mol. The van der Waals surface area contributed by atoms with Gasteiger partial charge in [-0.15, -0.1) is 0 Å². The summed E-state index contributed by atoms with van der Waals surface area (Å²) in [6.45, 7) is 7.80. The molecule has 0 saturated carbocycles. The molecule has 1 rings (SSSR count). The first-order valence-electron chi connectivity index (χ1n) is 7.15. The van der Waals surface area contributed by atoms with Crippen LogP contribution >= 0.6 is 0 Å². The Morgan fingerprint density at radius 2 is 1.90 bits per heavy atom. The summed E-state index contributed by atoms with van der Waals surface area (Å²) in [6, 6.07) is 6.21. The van der Waals surface area contributed by atoms with Crippen molar-refractivity contribution in [3.8, 4) is 0 Å². The molecule has 0 aromatic heterocycles. The molecule has 0 aliphatic carbocycles. The highest BCUT2D eigenvalue weighted by molar-refractivity contribution is 5.67. The normalized spacial score (nSPS) is 14.4. The summed E-state index contributed by atoms with van der Waals surface area (Å²) in [5.74, 6) is -0.0529. The summed E-state index contributed by atoms with van der Waals surface area (Å²) < 4.78 is 18.0. The van der Waals surface area contributed by atoms with Gasteiger partial charge in [0.1, 0.15) is 11.4 Å². The fourth-order valence-corrected chi connectivity index (χ4v) is 1.99. The maximum atomic E-state index is 12.9. The average molecular weight is 296 g/mol. The van der Waals surface area contributed by atoms with E-state index in [1.165, 1.54) is 12.1 Å². The van der Waals surface area contributed by atoms with Crippen LogP contribution in [-0.4, -0.2) is 24.3 Å². The van der Waals surface area contributed by atoms with Crippen LogP contribution in [0.3, 0.4) is 0 Å². The smallest absolute Gasteiger partial charge is 0.407 e. The van der Waals surface area contributed by atoms with E-state index < -0.39 is 11.7 Å². The van der Waals surface area contributed by atoms with Crippen molar-refractivity contribution < 1.29 is 13.9 Å². The first-order valence-corrected chi connectivity index (χ1v) is 7.15. The molecule has 0 aliphatic heterocycles. The molecule has 1 aromatic carbocycles. The van der Waals surface area contributed by atoms with E-state index in [0.717, 1.165) is 5.56 Å². The third-order valence-electron chi connectivity index (χ3n) is 3.00. The number of rotatable bonds is 5. The zero-order valence-electron chi connectivity index (χ0n) is 13.2. The number of alkyl carbamates (subject to hydrolysis) is 1. The monoisotopic (exact) mass is 296 g/mol. The molecule has 0 bridgehead atoms. The Bertz CT molecular complexity index is 454. The van der Waals surface area contributed by atoms with E-state index >= 15 is 0 Å². The van der Waals surface area contributed by atoms with Gasteiger partial charge in [0, 0.05) is 12.6 Å². The lowest BCUT2D eigenvalue weighted by Crippen LogP contribution is -2.40. The molecule has 0 spiro atoms. The van der Waals surface area contributed by atoms with Crippen LogP contribution < -0.4 is 11.1 Å². The highest BCUT2D eigenvalue weighted by atomic mass is 19.1. The molecule has 3 N–H and O–H groups in total. The van der Waals surface area contributed by atoms with Crippen molar-refractivity contribution in [1.82, 2.24) is 5.32 Å². The Balaban J connectivity index is 2.38. The highest BCUT2D eigenvalue weighted by Crippen LogP contribution is 2.20. The zero-order chi connectivity index (χ0) is 16.0. The summed E-state index contributed by atoms with van der Waals surface area (Å²) in [5, 5.41) is 2.66. The molecule has 0 heterocycles. The van der Waals surface area contributed by atoms with Crippen molar-refractivity contribution in [3.05, 3.63) is 35.6 Å². The minimum Gasteiger partial charge on any atom is -0.444 e. The van der Waals surface area contributed by atoms with E-state index in [-0.39, 0.29) is 17.8 Å². The van der Waals surface area contributed by atoms with E-state index in [9.17, 15) is 9.18 Å². The van der Waals surface area contributed by atoms with Gasteiger partial charge < -0.3 is 15.8 Å². The van der Waals surface area contributed by atoms with Gasteiger partial charge >= 0.3 is 6.09 Å². The molecule has 4 nitrogen and oxygen atoms in total. The number of carbonyl (C=O) groups excluding carboxylic acids is 1. The predicted octanol–water partition coefficient (Wildman–Crippen LogP) is 3.17. The summed E-state index contributed by atoms with van der Waals surface area (Å²) in [7, 11) is 0. The van der Waals surface area contributed by atoms with Gasteiger partial charge in [-0.05, 0) is 50.8 Å². The van der Waals surface area contributed by atoms with E-state index in [2.05, 4.69) is 5.32 Å². The third kappa shape index (κ3) is 7.09. The second-order valence-electron chi connectivity index (χ2n) is 6.33. The van der Waals surface area contributed by atoms with Crippen LogP contribution in [0.4, 0.5) is 9.18 Å². The fourth-order valence-electron chi connectivity index (χ4n) is 1.99. The SMILES string of the molecule is CC(CC(N)CNC(=O)OC(C)(C)C)c1ccc(F)cc1. The van der Waals surface area contributed by atoms with Gasteiger partial charge in [0.05, 0.1) is 0 Å². The number of nitrogens with one attached hydrogen (secondary N) is 1. The number of amides is 1. The lowest BCUT2D eigenvalue weighted by Gasteiger charge is -2.22. The number of carbonyl (C=O) groups is 1. The van der Waals surface area contributed by atoms with Crippen LogP contribution in [0.15, 0.2) is 24.3 Å². The molecule has 0 aliphatic rings. The average Bonchev–Trinajstić information content (AvgIpc) is 2.35. The van der Waals surface area contributed by atoms with E-state index in [4.69, 9.17) is 10.5 Å². The standard InChI is InChI=1S/C16H25FN2O2/c1-11(12-5-7-13(17)8-6-12)9-14(18)10-19-15(20)21-16(2,3)4/h5-8,11,14H,9-10,18H2,1-4H3,(H,19,20). The van der Waals surface area contributed by atoms with E-state index in [1.807, 2.05) is 27.7 Å². The maximum Gasteiger partial charge on any atom is 0.407 e. The summed E-state index contributed by atoms with van der Waals surface area (Å²) >= 11 is 0. The molecule has 1 aromatic rings. The van der Waals surface area contributed by atoms with E-state index in [0.29, 0.717) is 13.0 Å². The Kier molecular flexibility index (Phi) is 6.15. The van der Waals surface area contributed by atoms with Crippen molar-refractivity contribution >= 4 is 6.09 Å². The highest BCUT2D eigenvalue weighted by Gasteiger charge is 2.17. The van der Waals surface area contributed by atoms with Gasteiger partial charge in [-0.3, -0.25) is 0 Å². The quantitative estimate of drug-likeness (QED) is 0.877. The van der Waals surface area contributed by atoms with Gasteiger partial charge in [-0.2, -0.15) is 0 Å². The van der Waals surface area contributed by atoms with Crippen LogP contribution in [0.1, 0.15) is 45.6 Å². The van der Waals surface area contributed by atoms with Gasteiger partial charge in [-0.1, -0.05) is 19.1 Å². The molecule has 5 heteroatoms. The number of hydrogen-bond acceptors (Lipinski definition) is 3. The van der Waals surface area contributed by atoms with Crippen LogP contribution in [0, 0.1) is 5.82 Å². The van der Waals surface area contributed by atoms with Gasteiger partial charge in [0.2, 0.25) is 0 Å². The summed E-state index contributed by atoms with van der Waals surface area (Å²) in [5.41, 5.74) is 6.52. The Labute approximate surface area is 125 Å². The second kappa shape index (κ2) is 7.41. The molecule has 118 valence electrons. The zero-order valence-corrected chi connectivity index (χ0v) is 13.2. The van der Waals surface area contributed by atoms with Crippen molar-refractivity contribution in [1.29, 1.82) is 0 Å². The molecular formula is C16H25FN2O2. The lowest BCUT2D eigenvalue weighted by atomic mass is 9.94. The first kappa shape index (κ1) is 17.4. The Hall–Kier alpha value is -1.62. The van der Waals surface area contributed by atoms with Crippen molar-refractivity contribution in [3.63, 3.8) is 0 Å². The Morgan fingerprint density at radius 1 is 1.33 bits per heavy atom. The van der Waals surface area contributed by atoms with Crippen molar-refractivity contribution in [2.45, 2.75) is 51.7 Å². The van der Waals surface area contributed by atoms with Crippen LogP contribution in [0.25, 0.3) is 0 Å². The molecule has 1 amide bonds. The van der Waals surface area contributed by atoms with Crippen LogP contribution in [0.2, 0.25) is 0 Å². The van der Waals surface area contributed by atoms with Crippen molar-refractivity contribution in [2.75, 3.05) is 6.54 Å². The second-order valence-corrected chi connectivity index (χ2v) is 6.33. The minimum absolute atomic E-state index is 0.183. The topological polar surface area (TPSA) is 64.3 Å². The largest absolute Gasteiger partial charge is 0.444 e. The lowest BCUT2D eigenvalue weighted by molar-refractivity contribution is 0.0523. The maximum absolute atomic E-state index is 12.9. The number of halogens is 1. The van der Waals surface area contributed by atoms with Gasteiger partial charge in [-0.25, -0.2) is 9.18 Å². The van der Waals surface area contributed by atoms with Gasteiger partial charge in [0.25, 0.3) is 0 Å². The molecule has 0 radical (unpaired) electrons. The van der Waals surface area contributed by atoms with Gasteiger partial charge in [0.15, 0.2) is 0 Å². The molecule has 21 heavy (non-hydrogen) atoms. The number of nitrogens with two attached hydrogens (primary N) is 1.